The summed E-state index contributed by atoms with van der Waals surface area (Å²) >= 11 is 1.48. The Hall–Kier alpha value is -3.37. The van der Waals surface area contributed by atoms with Crippen LogP contribution in [0.15, 0.2) is 36.1 Å². The molecule has 0 radical (unpaired) electrons. The molecule has 1 aliphatic rings. The molecular weight excluding hydrogens is 452 g/mol. The number of anilines is 2. The van der Waals surface area contributed by atoms with Crippen LogP contribution in [0.25, 0.3) is 16.7 Å². The van der Waals surface area contributed by atoms with Crippen molar-refractivity contribution in [2.45, 2.75) is 32.8 Å². The molecule has 1 aliphatic heterocycles. The topological polar surface area (TPSA) is 95.2 Å². The predicted molar refractivity (Wildman–Crippen MR) is 133 cm³/mol. The van der Waals surface area contributed by atoms with Crippen LogP contribution < -0.4 is 15.4 Å². The van der Waals surface area contributed by atoms with Gasteiger partial charge in [0, 0.05) is 43.4 Å². The Morgan fingerprint density at radius 3 is 2.97 bits per heavy atom. The van der Waals surface area contributed by atoms with E-state index in [9.17, 15) is 4.79 Å². The molecule has 1 fully saturated rings. The minimum absolute atomic E-state index is 0.00733. The average molecular weight is 481 g/mol. The Morgan fingerprint density at radius 2 is 2.26 bits per heavy atom. The lowest BCUT2D eigenvalue weighted by molar-refractivity contribution is 0.0956. The summed E-state index contributed by atoms with van der Waals surface area (Å²) in [5.74, 6) is 1.46. The zero-order chi connectivity index (χ0) is 23.7. The van der Waals surface area contributed by atoms with Crippen LogP contribution in [0.5, 0.6) is 5.75 Å². The number of carbonyl (C=O) groups excluding carboxylic acids is 1. The van der Waals surface area contributed by atoms with Crippen molar-refractivity contribution in [3.05, 3.63) is 47.2 Å². The second-order valence-corrected chi connectivity index (χ2v) is 9.11. The number of hydrogen-bond donors (Lipinski definition) is 2. The molecule has 0 aromatic carbocycles. The highest BCUT2D eigenvalue weighted by Gasteiger charge is 2.25. The molecule has 10 heteroatoms. The standard InChI is InChI=1S/C24H28N6O3S/c1-4-18-22(33-17-7-9-32-13-17)21-19(6-8-30(21)16-11-26-29(3)12-16)27-23(18)28-20-10-15(14-34-20)24(31)25-5-2/h6,8,10-12,14,17H,4-5,7,9,13H2,1-3H3,(H,25,31)(H,27,28)/t17-/m1/s1. The predicted octanol–water partition coefficient (Wildman–Crippen LogP) is 4.04. The molecule has 1 atom stereocenters. The first-order chi connectivity index (χ1) is 16.6. The van der Waals surface area contributed by atoms with Crippen LogP contribution in [0, 0.1) is 0 Å². The molecule has 2 N–H and O–H groups in total. The normalized spacial score (nSPS) is 15.7. The summed E-state index contributed by atoms with van der Waals surface area (Å²) in [5, 5.41) is 13.3. The van der Waals surface area contributed by atoms with E-state index in [1.165, 1.54) is 11.3 Å². The van der Waals surface area contributed by atoms with E-state index in [1.54, 1.807) is 4.68 Å². The van der Waals surface area contributed by atoms with Gasteiger partial charge in [0.25, 0.3) is 5.91 Å². The third-order valence-electron chi connectivity index (χ3n) is 5.81. The van der Waals surface area contributed by atoms with E-state index in [2.05, 4.69) is 27.2 Å². The number of pyridine rings is 1. The Balaban J connectivity index is 1.59. The van der Waals surface area contributed by atoms with Crippen molar-refractivity contribution in [3.8, 4) is 11.4 Å². The molecule has 0 bridgehead atoms. The van der Waals surface area contributed by atoms with Crippen molar-refractivity contribution in [1.29, 1.82) is 0 Å². The summed E-state index contributed by atoms with van der Waals surface area (Å²) in [4.78, 5) is 17.2. The van der Waals surface area contributed by atoms with Gasteiger partial charge in [-0.25, -0.2) is 4.98 Å². The van der Waals surface area contributed by atoms with Crippen LogP contribution in [0.3, 0.4) is 0 Å². The van der Waals surface area contributed by atoms with E-state index in [0.29, 0.717) is 25.3 Å². The van der Waals surface area contributed by atoms with Crippen LogP contribution in [0.4, 0.5) is 10.8 Å². The third kappa shape index (κ3) is 4.26. The number of fused-ring (bicyclic) bond motifs is 1. The quantitative estimate of drug-likeness (QED) is 0.395. The van der Waals surface area contributed by atoms with Crippen LogP contribution >= 0.6 is 11.3 Å². The summed E-state index contributed by atoms with van der Waals surface area (Å²) in [6.45, 7) is 5.87. The number of rotatable bonds is 8. The molecule has 9 nitrogen and oxygen atoms in total. The van der Waals surface area contributed by atoms with Gasteiger partial charge in [0.15, 0.2) is 5.75 Å². The zero-order valence-electron chi connectivity index (χ0n) is 19.5. The van der Waals surface area contributed by atoms with Gasteiger partial charge in [0.1, 0.15) is 17.4 Å². The fraction of sp³-hybridized carbons (Fsp3) is 0.375. The highest BCUT2D eigenvalue weighted by Crippen LogP contribution is 2.39. The first-order valence-electron chi connectivity index (χ1n) is 11.5. The van der Waals surface area contributed by atoms with E-state index in [-0.39, 0.29) is 12.0 Å². The Morgan fingerprint density at radius 1 is 1.38 bits per heavy atom. The van der Waals surface area contributed by atoms with Gasteiger partial charge in [-0.05, 0) is 25.5 Å². The summed E-state index contributed by atoms with van der Waals surface area (Å²) < 4.78 is 16.0. The average Bonchev–Trinajstić information content (AvgIpc) is 3.61. The maximum atomic E-state index is 12.2. The molecule has 1 amide bonds. The molecule has 5 heterocycles. The minimum Gasteiger partial charge on any atom is -0.485 e. The van der Waals surface area contributed by atoms with E-state index in [1.807, 2.05) is 50.1 Å². The molecule has 1 saturated heterocycles. The molecule has 34 heavy (non-hydrogen) atoms. The SMILES string of the molecule is CCNC(=O)c1csc(Nc2nc3ccn(-c4cnn(C)c4)c3c(O[C@@H]3CCOC3)c2CC)c1. The van der Waals surface area contributed by atoms with Gasteiger partial charge in [-0.1, -0.05) is 6.92 Å². The number of amides is 1. The van der Waals surface area contributed by atoms with Gasteiger partial charge in [-0.15, -0.1) is 11.3 Å². The number of aryl methyl sites for hydroxylation is 1. The van der Waals surface area contributed by atoms with E-state index in [4.69, 9.17) is 14.5 Å². The van der Waals surface area contributed by atoms with Crippen molar-refractivity contribution in [2.75, 3.05) is 25.1 Å². The molecule has 4 aromatic heterocycles. The highest BCUT2D eigenvalue weighted by atomic mass is 32.1. The number of thiophene rings is 1. The maximum Gasteiger partial charge on any atom is 0.252 e. The molecule has 178 valence electrons. The molecule has 5 rings (SSSR count). The van der Waals surface area contributed by atoms with E-state index in [0.717, 1.165) is 51.7 Å². The lowest BCUT2D eigenvalue weighted by Crippen LogP contribution is -2.21. The van der Waals surface area contributed by atoms with Crippen molar-refractivity contribution in [2.24, 2.45) is 7.05 Å². The number of aromatic nitrogens is 4. The van der Waals surface area contributed by atoms with Gasteiger partial charge in [-0.2, -0.15) is 5.10 Å². The maximum absolute atomic E-state index is 12.2. The molecule has 4 aromatic rings. The van der Waals surface area contributed by atoms with Crippen LogP contribution in [-0.2, 0) is 18.2 Å². The number of ether oxygens (including phenoxy) is 2. The molecule has 0 unspecified atom stereocenters. The Bertz CT molecular complexity index is 1320. The van der Waals surface area contributed by atoms with Crippen LogP contribution in [-0.4, -0.2) is 51.1 Å². The summed E-state index contributed by atoms with van der Waals surface area (Å²) in [6, 6.07) is 3.84. The number of nitrogens with one attached hydrogen (secondary N) is 2. The van der Waals surface area contributed by atoms with Gasteiger partial charge in [0.2, 0.25) is 0 Å². The summed E-state index contributed by atoms with van der Waals surface area (Å²) in [7, 11) is 1.90. The smallest absolute Gasteiger partial charge is 0.252 e. The largest absolute Gasteiger partial charge is 0.485 e. The molecule has 0 spiro atoms. The van der Waals surface area contributed by atoms with Crippen LogP contribution in [0.1, 0.15) is 36.2 Å². The second-order valence-electron chi connectivity index (χ2n) is 8.20. The lowest BCUT2D eigenvalue weighted by Gasteiger charge is -2.20. The fourth-order valence-corrected chi connectivity index (χ4v) is 4.93. The van der Waals surface area contributed by atoms with Gasteiger partial charge in [0.05, 0.1) is 41.2 Å². The molecule has 0 aliphatic carbocycles. The van der Waals surface area contributed by atoms with Crippen molar-refractivity contribution < 1.29 is 14.3 Å². The van der Waals surface area contributed by atoms with E-state index >= 15 is 0 Å². The second kappa shape index (κ2) is 9.47. The first-order valence-corrected chi connectivity index (χ1v) is 12.4. The highest BCUT2D eigenvalue weighted by molar-refractivity contribution is 7.14. The Labute approximate surface area is 201 Å². The number of hydrogen-bond acceptors (Lipinski definition) is 7. The van der Waals surface area contributed by atoms with Crippen molar-refractivity contribution in [1.82, 2.24) is 24.6 Å². The number of carbonyl (C=O) groups is 1. The fourth-order valence-electron chi connectivity index (χ4n) is 4.16. The van der Waals surface area contributed by atoms with Crippen LogP contribution in [0.2, 0.25) is 0 Å². The Kier molecular flexibility index (Phi) is 6.25. The lowest BCUT2D eigenvalue weighted by atomic mass is 10.1. The monoisotopic (exact) mass is 480 g/mol. The number of nitrogens with zero attached hydrogens (tertiary/aromatic N) is 4. The van der Waals surface area contributed by atoms with Gasteiger partial charge < -0.3 is 24.7 Å². The first kappa shape index (κ1) is 22.4. The van der Waals surface area contributed by atoms with Crippen molar-refractivity contribution in [3.63, 3.8) is 0 Å². The van der Waals surface area contributed by atoms with E-state index < -0.39 is 0 Å². The van der Waals surface area contributed by atoms with Crippen molar-refractivity contribution >= 4 is 39.1 Å². The molecule has 0 saturated carbocycles. The van der Waals surface area contributed by atoms with Gasteiger partial charge >= 0.3 is 0 Å². The molecular formula is C24H28N6O3S. The zero-order valence-corrected chi connectivity index (χ0v) is 20.3. The van der Waals surface area contributed by atoms with Gasteiger partial charge in [-0.3, -0.25) is 9.48 Å². The summed E-state index contributed by atoms with van der Waals surface area (Å²) in [6.07, 6.45) is 7.36. The third-order valence-corrected chi connectivity index (χ3v) is 6.65. The minimum atomic E-state index is -0.0790. The summed E-state index contributed by atoms with van der Waals surface area (Å²) in [5.41, 5.74) is 4.29.